The lowest BCUT2D eigenvalue weighted by atomic mass is 9.98. The number of amides is 2. The Labute approximate surface area is 330 Å². The summed E-state index contributed by atoms with van der Waals surface area (Å²) < 4.78 is 0. The highest BCUT2D eigenvalue weighted by atomic mass is 35.5. The Morgan fingerprint density at radius 2 is 1.34 bits per heavy atom. The van der Waals surface area contributed by atoms with Crippen LogP contribution in [0.2, 0.25) is 5.15 Å². The lowest BCUT2D eigenvalue weighted by Gasteiger charge is -2.25. The summed E-state index contributed by atoms with van der Waals surface area (Å²) >= 11 is 5.82. The molecular weight excluding hydrogens is 748 g/mol. The second-order valence-corrected chi connectivity index (χ2v) is 13.8. The number of aryl methyl sites for hydroxylation is 2. The molecule has 0 saturated carbocycles. The molecule has 0 aliphatic heterocycles. The molecule has 0 fully saturated rings. The van der Waals surface area contributed by atoms with Crippen molar-refractivity contribution in [3.05, 3.63) is 70.5 Å². The molecular formula is C38H52ClN8O9-. The average Bonchev–Trinajstić information content (AvgIpc) is 3.18. The third kappa shape index (κ3) is 15.0. The van der Waals surface area contributed by atoms with Gasteiger partial charge < -0.3 is 58.0 Å². The van der Waals surface area contributed by atoms with Crippen molar-refractivity contribution in [2.45, 2.75) is 101 Å². The Morgan fingerprint density at radius 3 is 1.93 bits per heavy atom. The number of carboxylic acid groups (broad SMARTS) is 1. The minimum absolute atomic E-state index is 0.0831. The summed E-state index contributed by atoms with van der Waals surface area (Å²) in [6.07, 6.45) is -0.736. The normalized spacial score (nSPS) is 14.4. The highest BCUT2D eigenvalue weighted by molar-refractivity contribution is 6.31. The number of benzene rings is 2. The second-order valence-electron chi connectivity index (χ2n) is 13.4. The number of nitrogens with zero attached hydrogens (tertiary/aromatic N) is 3. The highest BCUT2D eigenvalue weighted by Gasteiger charge is 2.29. The van der Waals surface area contributed by atoms with E-state index in [2.05, 4.69) is 37.7 Å². The van der Waals surface area contributed by atoms with Gasteiger partial charge in [-0.25, -0.2) is 9.97 Å². The molecule has 3 aromatic rings. The van der Waals surface area contributed by atoms with Gasteiger partial charge in [-0.05, 0) is 60.8 Å². The number of aliphatic imine (C=N–C) groups is 1. The number of halogens is 1. The molecule has 0 aliphatic carbocycles. The lowest BCUT2D eigenvalue weighted by Crippen LogP contribution is -2.47. The van der Waals surface area contributed by atoms with Gasteiger partial charge in [-0.1, -0.05) is 85.8 Å². The van der Waals surface area contributed by atoms with Crippen LogP contribution in [-0.2, 0) is 22.4 Å². The molecule has 56 heavy (non-hydrogen) atoms. The predicted octanol–water partition coefficient (Wildman–Crippen LogP) is -0.0274. The molecule has 0 spiro atoms. The quantitative estimate of drug-likeness (QED) is 0.0342. The maximum absolute atomic E-state index is 12.6. The number of nitrogens with one attached hydrogen (secondary N) is 2. The summed E-state index contributed by atoms with van der Waals surface area (Å²) in [4.78, 5) is 48.3. The van der Waals surface area contributed by atoms with Crippen LogP contribution < -0.4 is 32.9 Å². The first-order valence-corrected chi connectivity index (χ1v) is 18.8. The number of nitrogen functional groups attached to an aromatic ring is 2. The molecule has 0 aliphatic rings. The van der Waals surface area contributed by atoms with E-state index in [1.165, 1.54) is 0 Å². The zero-order valence-corrected chi connectivity index (χ0v) is 31.8. The molecule has 17 nitrogen and oxygen atoms in total. The fraction of sp³-hybridized carbons (Fsp3) is 0.474. The zero-order valence-electron chi connectivity index (χ0n) is 31.0. The topological polar surface area (TPSA) is 316 Å². The number of nitrogens with two attached hydrogens (primary N) is 3. The molecule has 2 aromatic carbocycles. The number of unbranched alkanes of at least 4 members (excludes halogenated alkanes) is 4. The highest BCUT2D eigenvalue weighted by Crippen LogP contribution is 2.22. The van der Waals surface area contributed by atoms with Crippen molar-refractivity contribution in [3.8, 4) is 11.1 Å². The van der Waals surface area contributed by atoms with Gasteiger partial charge in [0.05, 0.1) is 24.7 Å². The number of aliphatic hydroxyl groups is 5. The van der Waals surface area contributed by atoms with Crippen molar-refractivity contribution in [1.82, 2.24) is 20.6 Å². The third-order valence-corrected chi connectivity index (χ3v) is 9.37. The second kappa shape index (κ2) is 23.2. The van der Waals surface area contributed by atoms with E-state index < -0.39 is 54.8 Å². The summed E-state index contributed by atoms with van der Waals surface area (Å²) in [5.74, 6) is -2.82. The Kier molecular flexibility index (Phi) is 18.9. The molecule has 306 valence electrons. The number of carbonyl (C=O) groups excluding carboxylic acids is 3. The monoisotopic (exact) mass is 799 g/mol. The number of rotatable bonds is 23. The van der Waals surface area contributed by atoms with Crippen LogP contribution in [0, 0.1) is 0 Å². The van der Waals surface area contributed by atoms with Gasteiger partial charge >= 0.3 is 0 Å². The van der Waals surface area contributed by atoms with E-state index in [4.69, 9.17) is 33.9 Å². The standard InChI is InChI=1S/C38H53ClN8O9/c39-33-35(41)46-34(40)30(45-33)36(54)47-38(42)43-20-6-5-7-22-10-15-24(16-11-22)25-17-12-23(13-18-25)14-19-29(51)44-26(37(55)56)8-3-1-2-4-9-27(49)31(52)32(53)28(50)21-48/h10-13,15-18,26-28,31-32,48-50,52-53H,1-9,14,19-21H2,(H,44,51)(H,55,56)(H4,40,41,46)(H3,42,43,47,54)/p-1/t26-,27-,28+,31+,32+/m0/s1. The molecule has 1 aromatic heterocycles. The van der Waals surface area contributed by atoms with Gasteiger partial charge in [0.15, 0.2) is 28.4 Å². The van der Waals surface area contributed by atoms with E-state index in [0.717, 1.165) is 41.5 Å². The van der Waals surface area contributed by atoms with Crippen molar-refractivity contribution in [3.63, 3.8) is 0 Å². The molecule has 18 heteroatoms. The van der Waals surface area contributed by atoms with Gasteiger partial charge in [-0.2, -0.15) is 0 Å². The predicted molar refractivity (Wildman–Crippen MR) is 209 cm³/mol. The van der Waals surface area contributed by atoms with Crippen molar-refractivity contribution < 1.29 is 45.0 Å². The number of carbonyl (C=O) groups is 3. The Hall–Kier alpha value is -4.91. The van der Waals surface area contributed by atoms with Crippen LogP contribution in [0.25, 0.3) is 11.1 Å². The van der Waals surface area contributed by atoms with E-state index in [-0.39, 0.29) is 47.7 Å². The zero-order chi connectivity index (χ0) is 41.2. The molecule has 0 bridgehead atoms. The van der Waals surface area contributed by atoms with Gasteiger partial charge in [-0.3, -0.25) is 19.9 Å². The van der Waals surface area contributed by atoms with Gasteiger partial charge in [0.2, 0.25) is 5.91 Å². The van der Waals surface area contributed by atoms with E-state index in [9.17, 15) is 39.9 Å². The van der Waals surface area contributed by atoms with E-state index >= 15 is 0 Å². The largest absolute Gasteiger partial charge is 0.548 e. The van der Waals surface area contributed by atoms with Crippen LogP contribution in [0.4, 0.5) is 11.6 Å². The van der Waals surface area contributed by atoms with Crippen LogP contribution >= 0.6 is 11.6 Å². The minimum Gasteiger partial charge on any atom is -0.548 e. The van der Waals surface area contributed by atoms with Crippen LogP contribution in [0.5, 0.6) is 0 Å². The molecule has 13 N–H and O–H groups in total. The van der Waals surface area contributed by atoms with Crippen molar-refractivity contribution in [2.75, 3.05) is 24.6 Å². The molecule has 0 unspecified atom stereocenters. The summed E-state index contributed by atoms with van der Waals surface area (Å²) in [7, 11) is 0. The fourth-order valence-corrected chi connectivity index (χ4v) is 5.88. The van der Waals surface area contributed by atoms with Gasteiger partial charge in [0.1, 0.15) is 18.3 Å². The maximum atomic E-state index is 12.6. The summed E-state index contributed by atoms with van der Waals surface area (Å²) in [6.45, 7) is -0.353. The smallest absolute Gasteiger partial charge is 0.280 e. The summed E-state index contributed by atoms with van der Waals surface area (Å²) in [6, 6.07) is 14.8. The number of anilines is 2. The van der Waals surface area contributed by atoms with Crippen LogP contribution in [0.3, 0.4) is 0 Å². The molecule has 0 saturated heterocycles. The van der Waals surface area contributed by atoms with Gasteiger partial charge in [0, 0.05) is 13.0 Å². The van der Waals surface area contributed by atoms with Crippen LogP contribution in [-0.4, -0.2) is 103 Å². The van der Waals surface area contributed by atoms with E-state index in [0.29, 0.717) is 38.6 Å². The SMILES string of the molecule is NC(=NCCCCc1ccc(-c2ccc(CCC(=O)N[C@@H](CCCCCC[C@H](O)[C@@H](O)[C@H](O)[C@H](O)CO)C(=O)[O-])cc2)cc1)NC(=O)c1nc(Cl)c(N)nc1N. The Balaban J connectivity index is 1.33. The van der Waals surface area contributed by atoms with E-state index in [1.807, 2.05) is 36.4 Å². The Bertz CT molecular complexity index is 1750. The number of aliphatic carboxylic acids is 1. The van der Waals surface area contributed by atoms with Crippen molar-refractivity contribution in [2.24, 2.45) is 10.7 Å². The first kappa shape index (κ1) is 45.5. The molecule has 0 radical (unpaired) electrons. The Morgan fingerprint density at radius 1 is 0.768 bits per heavy atom. The maximum Gasteiger partial charge on any atom is 0.280 e. The van der Waals surface area contributed by atoms with E-state index in [1.54, 1.807) is 0 Å². The van der Waals surface area contributed by atoms with Crippen molar-refractivity contribution >= 4 is 47.0 Å². The van der Waals surface area contributed by atoms with Crippen LogP contribution in [0.1, 0.15) is 79.4 Å². The van der Waals surface area contributed by atoms with Crippen molar-refractivity contribution in [1.29, 1.82) is 0 Å². The van der Waals surface area contributed by atoms with Crippen LogP contribution in [0.15, 0.2) is 53.5 Å². The number of aliphatic hydroxyl groups excluding tert-OH is 5. The number of carboxylic acids is 1. The first-order valence-electron chi connectivity index (χ1n) is 18.4. The summed E-state index contributed by atoms with van der Waals surface area (Å²) in [5, 5.41) is 64.3. The fourth-order valence-electron chi connectivity index (χ4n) is 5.75. The molecule has 2 amide bonds. The average molecular weight is 800 g/mol. The molecule has 1 heterocycles. The first-order chi connectivity index (χ1) is 26.7. The number of aromatic nitrogens is 2. The molecule has 3 rings (SSSR count). The van der Waals surface area contributed by atoms with Gasteiger partial charge in [0.25, 0.3) is 5.91 Å². The minimum atomic E-state index is -1.68. The number of hydrogen-bond donors (Lipinski definition) is 10. The summed E-state index contributed by atoms with van der Waals surface area (Å²) in [5.41, 5.74) is 20.9. The third-order valence-electron chi connectivity index (χ3n) is 9.09. The number of guanidine groups is 1. The van der Waals surface area contributed by atoms with Gasteiger partial charge in [-0.15, -0.1) is 0 Å². The lowest BCUT2D eigenvalue weighted by molar-refractivity contribution is -0.308. The number of hydrogen-bond acceptors (Lipinski definition) is 14. The molecule has 5 atom stereocenters.